The first kappa shape index (κ1) is 16.6. The van der Waals surface area contributed by atoms with E-state index in [0.717, 1.165) is 5.56 Å². The number of nitrogens with one attached hydrogen (secondary N) is 1. The zero-order chi connectivity index (χ0) is 18.3. The molecule has 26 heavy (non-hydrogen) atoms. The van der Waals surface area contributed by atoms with Gasteiger partial charge in [-0.15, -0.1) is 0 Å². The highest BCUT2D eigenvalue weighted by atomic mass is 32.2. The molecule has 1 atom stereocenters. The lowest BCUT2D eigenvalue weighted by atomic mass is 10.1. The summed E-state index contributed by atoms with van der Waals surface area (Å²) < 4.78 is 37.7. The average molecular weight is 374 g/mol. The molecule has 2 aromatic heterocycles. The monoisotopic (exact) mass is 374 g/mol. The normalized spacial score (nSPS) is 18.9. The number of aromatic nitrogens is 3. The van der Waals surface area contributed by atoms with Gasteiger partial charge in [0.1, 0.15) is 11.4 Å². The van der Waals surface area contributed by atoms with Crippen LogP contribution in [0.3, 0.4) is 0 Å². The predicted molar refractivity (Wildman–Crippen MR) is 92.9 cm³/mol. The zero-order valence-electron chi connectivity index (χ0n) is 13.6. The maximum Gasteiger partial charge on any atom is 0.257 e. The third kappa shape index (κ3) is 3.05. The molecule has 1 saturated heterocycles. The number of carbonyl (C=O) groups is 1. The minimum Gasteiger partial charge on any atom is -0.348 e. The molecule has 3 aromatic rings. The number of amides is 1. The molecule has 7 nitrogen and oxygen atoms in total. The van der Waals surface area contributed by atoms with Crippen molar-refractivity contribution in [1.29, 1.82) is 0 Å². The lowest BCUT2D eigenvalue weighted by Gasteiger charge is -2.10. The number of benzene rings is 1. The molecule has 3 heterocycles. The van der Waals surface area contributed by atoms with Crippen LogP contribution in [0.4, 0.5) is 4.39 Å². The van der Waals surface area contributed by atoms with Crippen LogP contribution in [0.1, 0.15) is 16.8 Å². The fraction of sp³-hybridized carbons (Fsp3) is 0.235. The number of nitrogens with zero attached hydrogens (tertiary/aromatic N) is 3. The molecule has 1 aliphatic heterocycles. The largest absolute Gasteiger partial charge is 0.348 e. The van der Waals surface area contributed by atoms with Gasteiger partial charge in [0.2, 0.25) is 0 Å². The summed E-state index contributed by atoms with van der Waals surface area (Å²) in [4.78, 5) is 16.7. The second-order valence-electron chi connectivity index (χ2n) is 6.20. The van der Waals surface area contributed by atoms with Crippen molar-refractivity contribution in [3.63, 3.8) is 0 Å². The van der Waals surface area contributed by atoms with Gasteiger partial charge in [0.15, 0.2) is 15.5 Å². The zero-order valence-corrected chi connectivity index (χ0v) is 14.4. The first-order valence-corrected chi connectivity index (χ1v) is 9.85. The van der Waals surface area contributed by atoms with E-state index >= 15 is 0 Å². The molecule has 0 saturated carbocycles. The van der Waals surface area contributed by atoms with Gasteiger partial charge in [-0.1, -0.05) is 0 Å². The summed E-state index contributed by atoms with van der Waals surface area (Å²) >= 11 is 0. The van der Waals surface area contributed by atoms with Crippen molar-refractivity contribution >= 4 is 21.4 Å². The first-order chi connectivity index (χ1) is 12.4. The summed E-state index contributed by atoms with van der Waals surface area (Å²) in [5.41, 5.74) is 2.01. The van der Waals surface area contributed by atoms with Crippen molar-refractivity contribution in [1.82, 2.24) is 19.9 Å². The highest BCUT2D eigenvalue weighted by molar-refractivity contribution is 7.91. The Bertz CT molecular complexity index is 1090. The molecular weight excluding hydrogens is 359 g/mol. The van der Waals surface area contributed by atoms with E-state index in [-0.39, 0.29) is 22.9 Å². The van der Waals surface area contributed by atoms with Crippen LogP contribution >= 0.6 is 0 Å². The summed E-state index contributed by atoms with van der Waals surface area (Å²) in [6.45, 7) is 0. The molecule has 134 valence electrons. The van der Waals surface area contributed by atoms with E-state index in [1.165, 1.54) is 22.8 Å². The van der Waals surface area contributed by atoms with Gasteiger partial charge < -0.3 is 5.32 Å². The number of hydrogen-bond donors (Lipinski definition) is 1. The lowest BCUT2D eigenvalue weighted by molar-refractivity contribution is 0.0942. The molecular formula is C17H15FN4O3S. The molecule has 9 heteroatoms. The molecule has 0 bridgehead atoms. The highest BCUT2D eigenvalue weighted by Crippen LogP contribution is 2.21. The molecule has 1 aliphatic rings. The van der Waals surface area contributed by atoms with Crippen LogP contribution in [-0.2, 0) is 9.84 Å². The minimum atomic E-state index is -3.08. The topological polar surface area (TPSA) is 93.4 Å². The SMILES string of the molecule is O=C(NC1CCS(=O)(=O)C1)c1cnn2c(-c3ccc(F)cc3)ccnc12. The molecule has 1 N–H and O–H groups in total. The minimum absolute atomic E-state index is 0.0494. The summed E-state index contributed by atoms with van der Waals surface area (Å²) in [5, 5.41) is 6.96. The van der Waals surface area contributed by atoms with Gasteiger partial charge in [-0.2, -0.15) is 5.10 Å². The van der Waals surface area contributed by atoms with Gasteiger partial charge in [0.05, 0.1) is 23.4 Å². The van der Waals surface area contributed by atoms with Crippen molar-refractivity contribution in [2.75, 3.05) is 11.5 Å². The fourth-order valence-electron chi connectivity index (χ4n) is 3.06. The van der Waals surface area contributed by atoms with Gasteiger partial charge in [-0.3, -0.25) is 4.79 Å². The van der Waals surface area contributed by atoms with Crippen LogP contribution in [0.15, 0.2) is 42.7 Å². The van der Waals surface area contributed by atoms with Crippen LogP contribution in [0.25, 0.3) is 16.9 Å². The fourth-order valence-corrected chi connectivity index (χ4v) is 4.74. The van der Waals surface area contributed by atoms with Crippen molar-refractivity contribution in [3.05, 3.63) is 54.1 Å². The predicted octanol–water partition coefficient (Wildman–Crippen LogP) is 1.45. The van der Waals surface area contributed by atoms with Gasteiger partial charge in [0, 0.05) is 17.8 Å². The number of hydrogen-bond acceptors (Lipinski definition) is 5. The van der Waals surface area contributed by atoms with E-state index < -0.39 is 21.8 Å². The van der Waals surface area contributed by atoms with Crippen LogP contribution in [-0.4, -0.2) is 46.5 Å². The maximum atomic E-state index is 13.1. The van der Waals surface area contributed by atoms with Crippen molar-refractivity contribution in [2.45, 2.75) is 12.5 Å². The van der Waals surface area contributed by atoms with Crippen LogP contribution in [0.5, 0.6) is 0 Å². The Morgan fingerprint density at radius 1 is 1.23 bits per heavy atom. The molecule has 1 fully saturated rings. The third-order valence-corrected chi connectivity index (χ3v) is 6.12. The van der Waals surface area contributed by atoms with Crippen LogP contribution in [0, 0.1) is 5.82 Å². The number of rotatable bonds is 3. The smallest absolute Gasteiger partial charge is 0.257 e. The Hall–Kier alpha value is -2.81. The van der Waals surface area contributed by atoms with Gasteiger partial charge in [-0.25, -0.2) is 22.3 Å². The Morgan fingerprint density at radius 3 is 2.69 bits per heavy atom. The summed E-state index contributed by atoms with van der Waals surface area (Å²) in [7, 11) is -3.08. The Labute approximate surface area is 148 Å². The molecule has 1 unspecified atom stereocenters. The number of carbonyl (C=O) groups excluding carboxylic acids is 1. The molecule has 1 amide bonds. The Balaban J connectivity index is 1.66. The van der Waals surface area contributed by atoms with E-state index in [9.17, 15) is 17.6 Å². The van der Waals surface area contributed by atoms with Gasteiger partial charge in [0.25, 0.3) is 5.91 Å². The highest BCUT2D eigenvalue weighted by Gasteiger charge is 2.30. The summed E-state index contributed by atoms with van der Waals surface area (Å²) in [6.07, 6.45) is 3.35. The van der Waals surface area contributed by atoms with E-state index in [1.54, 1.807) is 24.4 Å². The number of halogens is 1. The molecule has 0 aliphatic carbocycles. The van der Waals surface area contributed by atoms with E-state index in [4.69, 9.17) is 0 Å². The Morgan fingerprint density at radius 2 is 2.00 bits per heavy atom. The Kier molecular flexibility index (Phi) is 3.95. The quantitative estimate of drug-likeness (QED) is 0.749. The van der Waals surface area contributed by atoms with E-state index in [0.29, 0.717) is 17.8 Å². The molecule has 4 rings (SSSR count). The number of sulfone groups is 1. The lowest BCUT2D eigenvalue weighted by Crippen LogP contribution is -2.35. The standard InChI is InChI=1S/C17H15FN4O3S/c18-12-3-1-11(2-4-12)15-5-7-19-16-14(9-20-22(15)16)17(23)21-13-6-8-26(24,25)10-13/h1-5,7,9,13H,6,8,10H2,(H,21,23). The van der Waals surface area contributed by atoms with Crippen molar-refractivity contribution in [2.24, 2.45) is 0 Å². The third-order valence-electron chi connectivity index (χ3n) is 4.35. The van der Waals surface area contributed by atoms with E-state index in [1.807, 2.05) is 0 Å². The molecule has 0 radical (unpaired) electrons. The number of fused-ring (bicyclic) bond motifs is 1. The van der Waals surface area contributed by atoms with Gasteiger partial charge >= 0.3 is 0 Å². The molecule has 0 spiro atoms. The van der Waals surface area contributed by atoms with Crippen molar-refractivity contribution < 1.29 is 17.6 Å². The second-order valence-corrected chi connectivity index (χ2v) is 8.43. The van der Waals surface area contributed by atoms with Gasteiger partial charge in [-0.05, 0) is 36.8 Å². The average Bonchev–Trinajstić information content (AvgIpc) is 3.18. The summed E-state index contributed by atoms with van der Waals surface area (Å²) in [6, 6.07) is 7.25. The van der Waals surface area contributed by atoms with Crippen LogP contribution < -0.4 is 5.32 Å². The summed E-state index contributed by atoms with van der Waals surface area (Å²) in [5.74, 6) is -0.719. The molecule has 1 aromatic carbocycles. The van der Waals surface area contributed by atoms with E-state index in [2.05, 4.69) is 15.4 Å². The maximum absolute atomic E-state index is 13.1. The van der Waals surface area contributed by atoms with Crippen LogP contribution in [0.2, 0.25) is 0 Å². The first-order valence-electron chi connectivity index (χ1n) is 8.03. The second kappa shape index (κ2) is 6.17. The van der Waals surface area contributed by atoms with Crippen molar-refractivity contribution in [3.8, 4) is 11.3 Å².